The number of thioether (sulfide) groups is 1. The predicted octanol–water partition coefficient (Wildman–Crippen LogP) is 5.35. The summed E-state index contributed by atoms with van der Waals surface area (Å²) < 4.78 is 1.84. The molecule has 6 heteroatoms. The minimum absolute atomic E-state index is 0.0821. The number of benzene rings is 2. The summed E-state index contributed by atoms with van der Waals surface area (Å²) in [6.07, 6.45) is 1.99. The Kier molecular flexibility index (Phi) is 5.83. The van der Waals surface area contributed by atoms with Crippen LogP contribution >= 0.6 is 11.8 Å². The van der Waals surface area contributed by atoms with Crippen molar-refractivity contribution in [1.82, 2.24) is 19.9 Å². The zero-order valence-corrected chi connectivity index (χ0v) is 19.0. The SMILES string of the molecule is CSc1ccc2nc(-c3ccc(C(C)(C)C)cc3)c(CNC(=O)c3ccccc3)n2n1. The fraction of sp³-hybridized carbons (Fsp3) is 0.240. The maximum atomic E-state index is 12.6. The highest BCUT2D eigenvalue weighted by atomic mass is 32.2. The molecule has 2 aromatic carbocycles. The fourth-order valence-electron chi connectivity index (χ4n) is 3.44. The summed E-state index contributed by atoms with van der Waals surface area (Å²) in [6.45, 7) is 6.93. The lowest BCUT2D eigenvalue weighted by molar-refractivity contribution is 0.0950. The molecule has 0 fully saturated rings. The second kappa shape index (κ2) is 8.55. The molecular formula is C25H26N4OS. The van der Waals surface area contributed by atoms with Crippen LogP contribution in [0, 0.1) is 0 Å². The van der Waals surface area contributed by atoms with E-state index < -0.39 is 0 Å². The third-order valence-electron chi connectivity index (χ3n) is 5.23. The van der Waals surface area contributed by atoms with Crippen LogP contribution < -0.4 is 5.32 Å². The number of hydrogen-bond acceptors (Lipinski definition) is 4. The van der Waals surface area contributed by atoms with Crippen molar-refractivity contribution in [2.45, 2.75) is 37.8 Å². The van der Waals surface area contributed by atoms with Crippen molar-refractivity contribution in [3.8, 4) is 11.3 Å². The van der Waals surface area contributed by atoms with Crippen LogP contribution in [0.3, 0.4) is 0 Å². The average molecular weight is 431 g/mol. The highest BCUT2D eigenvalue weighted by Crippen LogP contribution is 2.28. The molecule has 1 N–H and O–H groups in total. The minimum Gasteiger partial charge on any atom is -0.346 e. The average Bonchev–Trinajstić information content (AvgIpc) is 3.15. The van der Waals surface area contributed by atoms with Crippen LogP contribution in [0.15, 0.2) is 71.8 Å². The number of nitrogens with zero attached hydrogens (tertiary/aromatic N) is 3. The number of carbonyl (C=O) groups excluding carboxylic acids is 1. The van der Waals surface area contributed by atoms with Crippen molar-refractivity contribution in [3.63, 3.8) is 0 Å². The molecule has 4 rings (SSSR count). The second-order valence-corrected chi connectivity index (χ2v) is 9.26. The Labute approximate surface area is 186 Å². The molecule has 0 aliphatic rings. The molecule has 31 heavy (non-hydrogen) atoms. The summed E-state index contributed by atoms with van der Waals surface area (Å²) in [4.78, 5) is 17.5. The van der Waals surface area contributed by atoms with Gasteiger partial charge in [0.1, 0.15) is 5.03 Å². The maximum Gasteiger partial charge on any atom is 0.251 e. The molecular weight excluding hydrogens is 404 g/mol. The van der Waals surface area contributed by atoms with E-state index in [1.54, 1.807) is 23.9 Å². The van der Waals surface area contributed by atoms with E-state index in [-0.39, 0.29) is 11.3 Å². The van der Waals surface area contributed by atoms with Crippen LogP contribution in [0.5, 0.6) is 0 Å². The summed E-state index contributed by atoms with van der Waals surface area (Å²) in [6, 6.07) is 21.6. The van der Waals surface area contributed by atoms with Gasteiger partial charge in [0.05, 0.1) is 17.9 Å². The molecule has 0 atom stereocenters. The van der Waals surface area contributed by atoms with Gasteiger partial charge in [0, 0.05) is 11.1 Å². The van der Waals surface area contributed by atoms with Crippen LogP contribution in [-0.4, -0.2) is 26.8 Å². The number of amides is 1. The summed E-state index contributed by atoms with van der Waals surface area (Å²) in [7, 11) is 0. The zero-order valence-electron chi connectivity index (χ0n) is 18.2. The minimum atomic E-state index is -0.120. The quantitative estimate of drug-likeness (QED) is 0.434. The smallest absolute Gasteiger partial charge is 0.251 e. The van der Waals surface area contributed by atoms with Gasteiger partial charge in [-0.3, -0.25) is 4.79 Å². The van der Waals surface area contributed by atoms with Crippen molar-refractivity contribution >= 4 is 23.3 Å². The van der Waals surface area contributed by atoms with Gasteiger partial charge >= 0.3 is 0 Å². The van der Waals surface area contributed by atoms with E-state index in [1.807, 2.05) is 41.1 Å². The molecule has 0 unspecified atom stereocenters. The molecule has 0 bridgehead atoms. The van der Waals surface area contributed by atoms with Crippen molar-refractivity contribution < 1.29 is 4.79 Å². The molecule has 0 aliphatic carbocycles. The van der Waals surface area contributed by atoms with E-state index >= 15 is 0 Å². The monoisotopic (exact) mass is 430 g/mol. The van der Waals surface area contributed by atoms with E-state index in [0.29, 0.717) is 12.1 Å². The molecule has 0 saturated heterocycles. The normalized spacial score (nSPS) is 11.6. The number of carbonyl (C=O) groups is 1. The van der Waals surface area contributed by atoms with E-state index in [2.05, 4.69) is 50.4 Å². The highest BCUT2D eigenvalue weighted by molar-refractivity contribution is 7.98. The lowest BCUT2D eigenvalue weighted by atomic mass is 9.86. The van der Waals surface area contributed by atoms with E-state index in [9.17, 15) is 4.79 Å². The Morgan fingerprint density at radius 2 is 1.71 bits per heavy atom. The molecule has 1 amide bonds. The Hall–Kier alpha value is -3.12. The zero-order chi connectivity index (χ0) is 22.0. The Balaban J connectivity index is 1.73. The van der Waals surface area contributed by atoms with Gasteiger partial charge < -0.3 is 5.32 Å². The van der Waals surface area contributed by atoms with Gasteiger partial charge in [-0.15, -0.1) is 11.8 Å². The van der Waals surface area contributed by atoms with Crippen LogP contribution in [-0.2, 0) is 12.0 Å². The van der Waals surface area contributed by atoms with Gasteiger partial charge in [-0.25, -0.2) is 9.50 Å². The maximum absolute atomic E-state index is 12.6. The highest BCUT2D eigenvalue weighted by Gasteiger charge is 2.18. The van der Waals surface area contributed by atoms with E-state index in [4.69, 9.17) is 10.1 Å². The number of imidazole rings is 1. The summed E-state index contributed by atoms with van der Waals surface area (Å²) in [5, 5.41) is 8.64. The fourth-order valence-corrected chi connectivity index (χ4v) is 3.81. The summed E-state index contributed by atoms with van der Waals surface area (Å²) in [5.41, 5.74) is 5.44. The molecule has 2 aromatic heterocycles. The van der Waals surface area contributed by atoms with Crippen LogP contribution in [0.25, 0.3) is 16.9 Å². The van der Waals surface area contributed by atoms with Crippen molar-refractivity contribution in [2.75, 3.05) is 6.26 Å². The first kappa shape index (κ1) is 21.1. The number of rotatable bonds is 5. The van der Waals surface area contributed by atoms with Gasteiger partial charge in [0.2, 0.25) is 0 Å². The summed E-state index contributed by atoms with van der Waals surface area (Å²) in [5.74, 6) is -0.120. The lowest BCUT2D eigenvalue weighted by Crippen LogP contribution is -2.24. The largest absolute Gasteiger partial charge is 0.346 e. The molecule has 0 saturated carbocycles. The molecule has 4 aromatic rings. The Bertz CT molecular complexity index is 1210. The first-order valence-corrected chi connectivity index (χ1v) is 11.5. The third-order valence-corrected chi connectivity index (χ3v) is 5.87. The van der Waals surface area contributed by atoms with Gasteiger partial charge in [0.25, 0.3) is 5.91 Å². The van der Waals surface area contributed by atoms with Crippen LogP contribution in [0.1, 0.15) is 42.4 Å². The Morgan fingerprint density at radius 1 is 1.00 bits per heavy atom. The summed E-state index contributed by atoms with van der Waals surface area (Å²) >= 11 is 1.58. The number of hydrogen-bond donors (Lipinski definition) is 1. The van der Waals surface area contributed by atoms with Gasteiger partial charge in [0.15, 0.2) is 5.65 Å². The number of aromatic nitrogens is 3. The van der Waals surface area contributed by atoms with Crippen LogP contribution in [0.4, 0.5) is 0 Å². The molecule has 5 nitrogen and oxygen atoms in total. The molecule has 2 heterocycles. The molecule has 0 spiro atoms. The third kappa shape index (κ3) is 4.49. The van der Waals surface area contributed by atoms with E-state index in [1.165, 1.54) is 5.56 Å². The van der Waals surface area contributed by atoms with Crippen molar-refractivity contribution in [3.05, 3.63) is 83.6 Å². The molecule has 158 valence electrons. The predicted molar refractivity (Wildman–Crippen MR) is 127 cm³/mol. The molecule has 0 radical (unpaired) electrons. The van der Waals surface area contributed by atoms with Gasteiger partial charge in [-0.1, -0.05) is 63.2 Å². The first-order chi connectivity index (χ1) is 14.9. The van der Waals surface area contributed by atoms with Gasteiger partial charge in [-0.2, -0.15) is 5.10 Å². The first-order valence-electron chi connectivity index (χ1n) is 10.2. The van der Waals surface area contributed by atoms with Gasteiger partial charge in [-0.05, 0) is 41.5 Å². The topological polar surface area (TPSA) is 59.3 Å². The van der Waals surface area contributed by atoms with E-state index in [0.717, 1.165) is 27.6 Å². The molecule has 0 aliphatic heterocycles. The van der Waals surface area contributed by atoms with Crippen molar-refractivity contribution in [1.29, 1.82) is 0 Å². The lowest BCUT2D eigenvalue weighted by Gasteiger charge is -2.19. The number of nitrogens with one attached hydrogen (secondary N) is 1. The number of fused-ring (bicyclic) bond motifs is 1. The standard InChI is InChI=1S/C25H26N4OS/c1-25(2,3)19-12-10-17(11-13-19)23-20(16-26-24(30)18-8-6-5-7-9-18)29-21(27-23)14-15-22(28-29)31-4/h5-15H,16H2,1-4H3,(H,26,30). The van der Waals surface area contributed by atoms with Crippen LogP contribution in [0.2, 0.25) is 0 Å². The Morgan fingerprint density at radius 3 is 2.35 bits per heavy atom. The van der Waals surface area contributed by atoms with Crippen molar-refractivity contribution in [2.24, 2.45) is 0 Å². The second-order valence-electron chi connectivity index (χ2n) is 8.43.